The Morgan fingerprint density at radius 1 is 0.902 bits per heavy atom. The number of halogens is 2. The van der Waals surface area contributed by atoms with Gasteiger partial charge in [-0.3, -0.25) is 4.79 Å². The van der Waals surface area contributed by atoms with E-state index in [1.54, 1.807) is 18.2 Å². The van der Waals surface area contributed by atoms with Crippen LogP contribution in [0.15, 0.2) is 76.5 Å². The van der Waals surface area contributed by atoms with Gasteiger partial charge in [-0.25, -0.2) is 16.8 Å². The highest BCUT2D eigenvalue weighted by Gasteiger charge is 2.29. The summed E-state index contributed by atoms with van der Waals surface area (Å²) in [6.07, 6.45) is -1.37. The molecule has 1 fully saturated rings. The third kappa shape index (κ3) is 7.58. The highest BCUT2D eigenvalue weighted by atomic mass is 35.5. The first kappa shape index (κ1) is 31.2. The Bertz CT molecular complexity index is 1590. The summed E-state index contributed by atoms with van der Waals surface area (Å²) >= 11 is 12.2. The lowest BCUT2D eigenvalue weighted by Crippen LogP contribution is -2.48. The number of sulfonamides is 1. The molecule has 1 unspecified atom stereocenters. The molecule has 0 radical (unpaired) electrons. The second kappa shape index (κ2) is 13.1. The zero-order chi connectivity index (χ0) is 29.8. The topological polar surface area (TPSA) is 144 Å². The second-order valence-electron chi connectivity index (χ2n) is 9.44. The van der Waals surface area contributed by atoms with Crippen LogP contribution in [0.4, 0.5) is 11.4 Å². The van der Waals surface area contributed by atoms with Gasteiger partial charge in [0, 0.05) is 47.6 Å². The first-order valence-electron chi connectivity index (χ1n) is 12.6. The van der Waals surface area contributed by atoms with Crippen molar-refractivity contribution < 1.29 is 31.8 Å². The number of sulfone groups is 1. The summed E-state index contributed by atoms with van der Waals surface area (Å²) < 4.78 is 53.5. The average Bonchev–Trinajstić information content (AvgIpc) is 2.95. The predicted octanol–water partition coefficient (Wildman–Crippen LogP) is 3.27. The lowest BCUT2D eigenvalue weighted by Gasteiger charge is -2.35. The van der Waals surface area contributed by atoms with Gasteiger partial charge in [-0.2, -0.15) is 4.31 Å². The van der Waals surface area contributed by atoms with Crippen molar-refractivity contribution in [3.63, 3.8) is 0 Å². The van der Waals surface area contributed by atoms with Crippen LogP contribution in [-0.2, 0) is 19.9 Å². The van der Waals surface area contributed by atoms with E-state index in [4.69, 9.17) is 28.3 Å². The molecule has 1 aliphatic rings. The number of amides is 1. The molecule has 0 saturated carbocycles. The molecule has 3 N–H and O–H groups in total. The fourth-order valence-corrected chi connectivity index (χ4v) is 7.90. The summed E-state index contributed by atoms with van der Waals surface area (Å²) in [7, 11) is -7.73. The monoisotopic (exact) mass is 641 g/mol. The van der Waals surface area contributed by atoms with Crippen LogP contribution in [0.3, 0.4) is 0 Å². The van der Waals surface area contributed by atoms with Gasteiger partial charge in [0.1, 0.15) is 0 Å². The summed E-state index contributed by atoms with van der Waals surface area (Å²) in [5.41, 5.74) is 0.998. The van der Waals surface area contributed by atoms with E-state index in [9.17, 15) is 26.7 Å². The maximum Gasteiger partial charge on any atom is 0.256 e. The molecule has 0 bridgehead atoms. The Balaban J connectivity index is 1.42. The predicted molar refractivity (Wildman–Crippen MR) is 158 cm³/mol. The van der Waals surface area contributed by atoms with Crippen LogP contribution < -0.4 is 10.2 Å². The van der Waals surface area contributed by atoms with Crippen molar-refractivity contribution in [2.24, 2.45) is 0 Å². The number of aliphatic hydroxyl groups is 2. The molecule has 1 heterocycles. The molecule has 41 heavy (non-hydrogen) atoms. The van der Waals surface area contributed by atoms with Gasteiger partial charge in [0.15, 0.2) is 9.84 Å². The number of nitrogens with zero attached hydrogens (tertiary/aromatic N) is 2. The Morgan fingerprint density at radius 3 is 2.12 bits per heavy atom. The van der Waals surface area contributed by atoms with Gasteiger partial charge in [0.05, 0.1) is 33.8 Å². The standard InChI is InChI=1S/C27H29Cl2N3O7S2/c28-19-15-20(29)17-22(16-19)31-10-12-32(13-11-31)41(38,39)24-7-5-21(6-8-24)30-27(35)25-3-1-2-4-26(25)40(36,37)14-9-23(34)18-33/h1-8,15-17,23,33-34H,9-14,18H2,(H,30,35). The van der Waals surface area contributed by atoms with Gasteiger partial charge in [-0.1, -0.05) is 35.3 Å². The lowest BCUT2D eigenvalue weighted by atomic mass is 10.2. The minimum atomic E-state index is -3.93. The van der Waals surface area contributed by atoms with E-state index in [2.05, 4.69) is 5.32 Å². The maximum atomic E-state index is 13.3. The lowest BCUT2D eigenvalue weighted by molar-refractivity contribution is 0.0928. The average molecular weight is 643 g/mol. The number of carbonyl (C=O) groups is 1. The van der Waals surface area contributed by atoms with E-state index in [1.165, 1.54) is 52.8 Å². The summed E-state index contributed by atoms with van der Waals surface area (Å²) in [4.78, 5) is 14.8. The molecule has 3 aromatic carbocycles. The van der Waals surface area contributed by atoms with Gasteiger partial charge >= 0.3 is 0 Å². The van der Waals surface area contributed by atoms with Gasteiger partial charge in [0.2, 0.25) is 10.0 Å². The quantitative estimate of drug-likeness (QED) is 0.306. The number of aliphatic hydroxyl groups excluding tert-OH is 2. The second-order valence-corrected chi connectivity index (χ2v) is 14.3. The highest BCUT2D eigenvalue weighted by molar-refractivity contribution is 7.91. The summed E-state index contributed by atoms with van der Waals surface area (Å²) in [6, 6.07) is 16.5. The summed E-state index contributed by atoms with van der Waals surface area (Å²) in [5.74, 6) is -1.15. The Hall–Kier alpha value is -2.71. The van der Waals surface area contributed by atoms with E-state index in [0.717, 1.165) is 5.69 Å². The van der Waals surface area contributed by atoms with Gasteiger partial charge in [-0.05, 0) is 61.0 Å². The molecule has 10 nitrogen and oxygen atoms in total. The largest absolute Gasteiger partial charge is 0.394 e. The van der Waals surface area contributed by atoms with Crippen LogP contribution in [0.5, 0.6) is 0 Å². The molecule has 1 amide bonds. The Labute approximate surface area is 249 Å². The first-order chi connectivity index (χ1) is 19.4. The number of benzene rings is 3. The molecule has 0 aromatic heterocycles. The van der Waals surface area contributed by atoms with Crippen molar-refractivity contribution >= 4 is 60.3 Å². The number of carbonyl (C=O) groups excluding carboxylic acids is 1. The van der Waals surface area contributed by atoms with Gasteiger partial charge in [-0.15, -0.1) is 0 Å². The molecule has 1 saturated heterocycles. The fraction of sp³-hybridized carbons (Fsp3) is 0.296. The molecular formula is C27H29Cl2N3O7S2. The summed E-state index contributed by atoms with van der Waals surface area (Å²) in [5, 5.41) is 22.1. The SMILES string of the molecule is O=C(Nc1ccc(S(=O)(=O)N2CCN(c3cc(Cl)cc(Cl)c3)CC2)cc1)c1ccccc1S(=O)(=O)CCC(O)CO. The van der Waals surface area contributed by atoms with Crippen molar-refractivity contribution in [2.45, 2.75) is 22.3 Å². The number of hydrogen-bond acceptors (Lipinski definition) is 8. The smallest absolute Gasteiger partial charge is 0.256 e. The Morgan fingerprint density at radius 2 is 1.51 bits per heavy atom. The number of piperazine rings is 1. The minimum Gasteiger partial charge on any atom is -0.394 e. The van der Waals surface area contributed by atoms with Crippen molar-refractivity contribution in [2.75, 3.05) is 48.8 Å². The first-order valence-corrected chi connectivity index (χ1v) is 16.5. The number of rotatable bonds is 10. The molecule has 3 aromatic rings. The van der Waals surface area contributed by atoms with Crippen molar-refractivity contribution in [3.05, 3.63) is 82.3 Å². The number of nitrogens with one attached hydrogen (secondary N) is 1. The highest BCUT2D eigenvalue weighted by Crippen LogP contribution is 2.28. The molecule has 220 valence electrons. The van der Waals surface area contributed by atoms with E-state index in [1.807, 2.05) is 4.90 Å². The molecule has 1 atom stereocenters. The van der Waals surface area contributed by atoms with Gasteiger partial charge < -0.3 is 20.4 Å². The van der Waals surface area contributed by atoms with Crippen molar-refractivity contribution in [1.82, 2.24) is 4.31 Å². The minimum absolute atomic E-state index is 0.0557. The van der Waals surface area contributed by atoms with Crippen molar-refractivity contribution in [3.8, 4) is 0 Å². The third-order valence-corrected chi connectivity index (χ3v) is 10.7. The zero-order valence-electron chi connectivity index (χ0n) is 21.8. The maximum absolute atomic E-state index is 13.3. The number of anilines is 2. The van der Waals surface area contributed by atoms with Crippen LogP contribution in [0.2, 0.25) is 10.0 Å². The molecule has 0 aliphatic carbocycles. The molecule has 4 rings (SSSR count). The van der Waals surface area contributed by atoms with Crippen LogP contribution in [0.25, 0.3) is 0 Å². The summed E-state index contributed by atoms with van der Waals surface area (Å²) in [6.45, 7) is 0.839. The molecule has 14 heteroatoms. The van der Waals surface area contributed by atoms with E-state index in [-0.39, 0.29) is 40.6 Å². The van der Waals surface area contributed by atoms with Crippen LogP contribution in [0.1, 0.15) is 16.8 Å². The molecule has 1 aliphatic heterocycles. The fourth-order valence-electron chi connectivity index (χ4n) is 4.38. The van der Waals surface area contributed by atoms with Gasteiger partial charge in [0.25, 0.3) is 5.91 Å². The van der Waals surface area contributed by atoms with Crippen LogP contribution >= 0.6 is 23.2 Å². The molecule has 0 spiro atoms. The van der Waals surface area contributed by atoms with E-state index < -0.39 is 44.2 Å². The van der Waals surface area contributed by atoms with Crippen LogP contribution in [-0.4, -0.2) is 81.9 Å². The van der Waals surface area contributed by atoms with Crippen LogP contribution in [0, 0.1) is 0 Å². The van der Waals surface area contributed by atoms with E-state index in [0.29, 0.717) is 23.1 Å². The molecular weight excluding hydrogens is 613 g/mol. The third-order valence-electron chi connectivity index (χ3n) is 6.60. The number of hydrogen-bond donors (Lipinski definition) is 3. The van der Waals surface area contributed by atoms with E-state index >= 15 is 0 Å². The Kier molecular flexibility index (Phi) is 9.96. The normalized spacial score (nSPS) is 15.5. The van der Waals surface area contributed by atoms with Crippen molar-refractivity contribution in [1.29, 1.82) is 0 Å². The zero-order valence-corrected chi connectivity index (χ0v) is 24.9.